The van der Waals surface area contributed by atoms with Gasteiger partial charge >= 0.3 is 5.97 Å². The van der Waals surface area contributed by atoms with Gasteiger partial charge in [0.05, 0.1) is 24.4 Å². The van der Waals surface area contributed by atoms with Crippen LogP contribution in [-0.4, -0.2) is 30.3 Å². The maximum Gasteiger partial charge on any atom is 0.350 e. The molecule has 0 spiro atoms. The van der Waals surface area contributed by atoms with Gasteiger partial charge in [-0.05, 0) is 12.8 Å². The number of carbonyl (C=O) groups is 1. The molecule has 0 saturated carbocycles. The van der Waals surface area contributed by atoms with E-state index in [1.54, 1.807) is 6.20 Å². The number of nitrogens with zero attached hydrogens (tertiary/aromatic N) is 1. The molecule has 16 heavy (non-hydrogen) atoms. The van der Waals surface area contributed by atoms with Crippen molar-refractivity contribution in [3.8, 4) is 0 Å². The van der Waals surface area contributed by atoms with Gasteiger partial charge in [0.1, 0.15) is 11.0 Å². The van der Waals surface area contributed by atoms with Gasteiger partial charge in [-0.15, -0.1) is 11.3 Å². The first-order valence-corrected chi connectivity index (χ1v) is 6.34. The summed E-state index contributed by atoms with van der Waals surface area (Å²) in [7, 11) is 0. The molecule has 1 fully saturated rings. The highest BCUT2D eigenvalue weighted by Gasteiger charge is 2.21. The molecule has 0 unspecified atom stereocenters. The highest BCUT2D eigenvalue weighted by Crippen LogP contribution is 2.18. The molecule has 2 rings (SSSR count). The summed E-state index contributed by atoms with van der Waals surface area (Å²) in [6, 6.07) is 0. The maximum absolute atomic E-state index is 11.7. The Hall–Kier alpha value is -0.940. The predicted molar refractivity (Wildman–Crippen MR) is 60.7 cm³/mol. The molecule has 0 radical (unpaired) electrons. The smallest absolute Gasteiger partial charge is 0.350 e. The molecule has 0 amide bonds. The average Bonchev–Trinajstić information content (AvgIpc) is 2.89. The lowest BCUT2D eigenvalue weighted by atomic mass is 10.3. The fourth-order valence-corrected chi connectivity index (χ4v) is 2.45. The number of ether oxygens (including phenoxy) is 2. The van der Waals surface area contributed by atoms with E-state index in [-0.39, 0.29) is 12.1 Å². The molecule has 0 aliphatic carbocycles. The molecule has 0 bridgehead atoms. The lowest BCUT2D eigenvalue weighted by Crippen LogP contribution is -2.17. The van der Waals surface area contributed by atoms with Crippen molar-refractivity contribution < 1.29 is 14.3 Å². The Kier molecular flexibility index (Phi) is 3.90. The van der Waals surface area contributed by atoms with Gasteiger partial charge < -0.3 is 9.47 Å². The van der Waals surface area contributed by atoms with Crippen LogP contribution >= 0.6 is 11.3 Å². The molecule has 0 N–H and O–H groups in total. The number of thiazole rings is 1. The lowest BCUT2D eigenvalue weighted by molar-refractivity contribution is 0.0276. The molecule has 88 valence electrons. The Morgan fingerprint density at radius 1 is 1.75 bits per heavy atom. The Morgan fingerprint density at radius 2 is 2.62 bits per heavy atom. The number of esters is 1. The van der Waals surface area contributed by atoms with Crippen LogP contribution in [0.4, 0.5) is 0 Å². The molecule has 1 saturated heterocycles. The third kappa shape index (κ3) is 2.80. The average molecular weight is 241 g/mol. The van der Waals surface area contributed by atoms with Crippen molar-refractivity contribution in [2.45, 2.75) is 32.3 Å². The molecule has 0 aromatic carbocycles. The Morgan fingerprint density at radius 3 is 3.31 bits per heavy atom. The summed E-state index contributed by atoms with van der Waals surface area (Å²) in [6.07, 6.45) is 4.28. The van der Waals surface area contributed by atoms with E-state index >= 15 is 0 Å². The van der Waals surface area contributed by atoms with Crippen LogP contribution in [-0.2, 0) is 15.9 Å². The number of rotatable bonds is 4. The van der Waals surface area contributed by atoms with Crippen LogP contribution in [0.5, 0.6) is 0 Å². The number of aryl methyl sites for hydroxylation is 1. The highest BCUT2D eigenvalue weighted by atomic mass is 32.1. The van der Waals surface area contributed by atoms with Crippen LogP contribution in [0.2, 0.25) is 0 Å². The SMILES string of the molecule is CCCc1ncc(C(=O)O[C@@H]2CCOC2)s1. The Labute approximate surface area is 98.6 Å². The normalized spacial score (nSPS) is 19.9. The van der Waals surface area contributed by atoms with Crippen molar-refractivity contribution in [1.82, 2.24) is 4.98 Å². The van der Waals surface area contributed by atoms with E-state index in [2.05, 4.69) is 11.9 Å². The zero-order valence-corrected chi connectivity index (χ0v) is 10.1. The summed E-state index contributed by atoms with van der Waals surface area (Å²) in [5.74, 6) is -0.268. The van der Waals surface area contributed by atoms with Crippen molar-refractivity contribution in [2.24, 2.45) is 0 Å². The van der Waals surface area contributed by atoms with Crippen molar-refractivity contribution in [3.05, 3.63) is 16.1 Å². The monoisotopic (exact) mass is 241 g/mol. The maximum atomic E-state index is 11.7. The summed E-state index contributed by atoms with van der Waals surface area (Å²) in [6.45, 7) is 3.29. The molecular weight excluding hydrogens is 226 g/mol. The standard InChI is InChI=1S/C11H15NO3S/c1-2-3-10-12-6-9(16-10)11(13)15-8-4-5-14-7-8/h6,8H,2-5,7H2,1H3/t8-/m1/s1. The minimum atomic E-state index is -0.268. The van der Waals surface area contributed by atoms with E-state index < -0.39 is 0 Å². The molecule has 5 heteroatoms. The van der Waals surface area contributed by atoms with Crippen molar-refractivity contribution >= 4 is 17.3 Å². The zero-order chi connectivity index (χ0) is 11.4. The fraction of sp³-hybridized carbons (Fsp3) is 0.636. The van der Waals surface area contributed by atoms with E-state index in [1.165, 1.54) is 11.3 Å². The van der Waals surface area contributed by atoms with Gasteiger partial charge in [0, 0.05) is 6.42 Å². The second-order valence-electron chi connectivity index (χ2n) is 3.76. The van der Waals surface area contributed by atoms with E-state index in [0.717, 1.165) is 24.3 Å². The molecule has 2 heterocycles. The van der Waals surface area contributed by atoms with Crippen molar-refractivity contribution in [1.29, 1.82) is 0 Å². The largest absolute Gasteiger partial charge is 0.456 e. The van der Waals surface area contributed by atoms with E-state index in [0.29, 0.717) is 18.1 Å². The lowest BCUT2D eigenvalue weighted by Gasteiger charge is -2.07. The first-order chi connectivity index (χ1) is 7.79. The first kappa shape index (κ1) is 11.5. The molecule has 1 aliphatic heterocycles. The van der Waals surface area contributed by atoms with Gasteiger partial charge in [-0.1, -0.05) is 6.92 Å². The second-order valence-corrected chi connectivity index (χ2v) is 4.87. The summed E-state index contributed by atoms with van der Waals surface area (Å²) < 4.78 is 10.4. The molecule has 1 aromatic rings. The minimum absolute atomic E-state index is 0.0794. The van der Waals surface area contributed by atoms with Gasteiger partial charge in [-0.25, -0.2) is 9.78 Å². The third-order valence-corrected chi connectivity index (χ3v) is 3.42. The second kappa shape index (κ2) is 5.41. The van der Waals surface area contributed by atoms with Gasteiger partial charge in [0.15, 0.2) is 0 Å². The summed E-state index contributed by atoms with van der Waals surface area (Å²) in [5.41, 5.74) is 0. The third-order valence-electron chi connectivity index (χ3n) is 2.38. The van der Waals surface area contributed by atoms with Crippen LogP contribution < -0.4 is 0 Å². The fourth-order valence-electron chi connectivity index (χ4n) is 1.55. The number of hydrogen-bond donors (Lipinski definition) is 0. The van der Waals surface area contributed by atoms with Gasteiger partial charge in [-0.3, -0.25) is 0 Å². The van der Waals surface area contributed by atoms with Crippen LogP contribution in [0.25, 0.3) is 0 Å². The summed E-state index contributed by atoms with van der Waals surface area (Å²) in [4.78, 5) is 16.5. The number of aromatic nitrogens is 1. The van der Waals surface area contributed by atoms with E-state index in [1.807, 2.05) is 0 Å². The van der Waals surface area contributed by atoms with E-state index in [4.69, 9.17) is 9.47 Å². The van der Waals surface area contributed by atoms with Crippen LogP contribution in [0, 0.1) is 0 Å². The molecule has 4 nitrogen and oxygen atoms in total. The number of hydrogen-bond acceptors (Lipinski definition) is 5. The van der Waals surface area contributed by atoms with E-state index in [9.17, 15) is 4.79 Å². The number of carbonyl (C=O) groups excluding carboxylic acids is 1. The Bertz CT molecular complexity index is 358. The minimum Gasteiger partial charge on any atom is -0.456 e. The Balaban J connectivity index is 1.91. The quantitative estimate of drug-likeness (QED) is 0.757. The van der Waals surface area contributed by atoms with Crippen molar-refractivity contribution in [2.75, 3.05) is 13.2 Å². The van der Waals surface area contributed by atoms with Gasteiger partial charge in [0.2, 0.25) is 0 Å². The zero-order valence-electron chi connectivity index (χ0n) is 9.27. The molecule has 1 atom stereocenters. The van der Waals surface area contributed by atoms with Crippen LogP contribution in [0.15, 0.2) is 6.20 Å². The molecule has 1 aromatic heterocycles. The summed E-state index contributed by atoms with van der Waals surface area (Å²) in [5, 5.41) is 0.997. The predicted octanol–water partition coefficient (Wildman–Crippen LogP) is 2.04. The molecule has 1 aliphatic rings. The van der Waals surface area contributed by atoms with Crippen LogP contribution in [0.1, 0.15) is 34.4 Å². The van der Waals surface area contributed by atoms with Gasteiger partial charge in [-0.2, -0.15) is 0 Å². The summed E-state index contributed by atoms with van der Waals surface area (Å²) >= 11 is 1.42. The van der Waals surface area contributed by atoms with Crippen LogP contribution in [0.3, 0.4) is 0 Å². The van der Waals surface area contributed by atoms with Crippen molar-refractivity contribution in [3.63, 3.8) is 0 Å². The van der Waals surface area contributed by atoms with Gasteiger partial charge in [0.25, 0.3) is 0 Å². The first-order valence-electron chi connectivity index (χ1n) is 5.53. The highest BCUT2D eigenvalue weighted by molar-refractivity contribution is 7.13. The molecular formula is C11H15NO3S. The topological polar surface area (TPSA) is 48.4 Å².